The van der Waals surface area contributed by atoms with E-state index in [1.807, 2.05) is 41.8 Å². The number of hydrogen-bond donors (Lipinski definition) is 0. The molecule has 31 heavy (non-hydrogen) atoms. The Morgan fingerprint density at radius 2 is 1.84 bits per heavy atom. The van der Waals surface area contributed by atoms with Gasteiger partial charge in [0.2, 0.25) is 5.95 Å². The Morgan fingerprint density at radius 1 is 1.10 bits per heavy atom. The summed E-state index contributed by atoms with van der Waals surface area (Å²) in [6.45, 7) is 5.80. The van der Waals surface area contributed by atoms with Crippen LogP contribution in [0.15, 0.2) is 45.0 Å². The van der Waals surface area contributed by atoms with Crippen molar-refractivity contribution in [2.45, 2.75) is 20.1 Å². The Kier molecular flexibility index (Phi) is 4.95. The van der Waals surface area contributed by atoms with E-state index in [9.17, 15) is 9.59 Å². The van der Waals surface area contributed by atoms with Crippen LogP contribution in [0.2, 0.25) is 0 Å². The molecule has 162 valence electrons. The standard InChI is InChI=1S/C21H25N7O3/c1-3-28-20-22-18-17(26(20)13-16(23-28)15-7-5-4-6-8-15)19(29)27(21(30)24(18)2)14-25-9-11-31-12-10-25/h4-8H,3,9-14H2,1-2H3. The van der Waals surface area contributed by atoms with Crippen LogP contribution in [-0.2, 0) is 25.0 Å². The number of aryl methyl sites for hydroxylation is 1. The fourth-order valence-corrected chi connectivity index (χ4v) is 4.14. The molecule has 0 unspecified atom stereocenters. The third kappa shape index (κ3) is 3.28. The molecule has 0 spiro atoms. The molecule has 2 aliphatic rings. The van der Waals surface area contributed by atoms with Crippen LogP contribution in [0.25, 0.3) is 11.2 Å². The Labute approximate surface area is 178 Å². The van der Waals surface area contributed by atoms with Gasteiger partial charge >= 0.3 is 5.69 Å². The third-order valence-electron chi connectivity index (χ3n) is 5.84. The molecule has 10 heteroatoms. The first-order chi connectivity index (χ1) is 15.1. The first-order valence-electron chi connectivity index (χ1n) is 10.5. The quantitative estimate of drug-likeness (QED) is 0.605. The summed E-state index contributed by atoms with van der Waals surface area (Å²) in [6.07, 6.45) is 0. The second-order valence-corrected chi connectivity index (χ2v) is 7.75. The highest BCUT2D eigenvalue weighted by atomic mass is 16.5. The molecule has 0 bridgehead atoms. The van der Waals surface area contributed by atoms with Crippen molar-refractivity contribution in [3.05, 3.63) is 56.7 Å². The van der Waals surface area contributed by atoms with Gasteiger partial charge in [-0.05, 0) is 12.5 Å². The molecule has 0 atom stereocenters. The van der Waals surface area contributed by atoms with E-state index in [-0.39, 0.29) is 17.9 Å². The average Bonchev–Trinajstić information content (AvgIpc) is 3.21. The van der Waals surface area contributed by atoms with Gasteiger partial charge in [-0.15, -0.1) is 0 Å². The van der Waals surface area contributed by atoms with Gasteiger partial charge in [0.05, 0.1) is 32.1 Å². The zero-order valence-electron chi connectivity index (χ0n) is 17.7. The first kappa shape index (κ1) is 19.7. The first-order valence-corrected chi connectivity index (χ1v) is 10.5. The molecule has 2 aromatic heterocycles. The Hall–Kier alpha value is -3.24. The van der Waals surface area contributed by atoms with Gasteiger partial charge in [0.1, 0.15) is 0 Å². The normalized spacial score (nSPS) is 17.1. The van der Waals surface area contributed by atoms with Crippen LogP contribution >= 0.6 is 0 Å². The fraction of sp³-hybridized carbons (Fsp3) is 0.429. The maximum atomic E-state index is 13.5. The summed E-state index contributed by atoms with van der Waals surface area (Å²) < 4.78 is 10.0. The summed E-state index contributed by atoms with van der Waals surface area (Å²) in [7, 11) is 1.66. The lowest BCUT2D eigenvalue weighted by Gasteiger charge is -2.27. The molecule has 0 saturated carbocycles. The molecular formula is C21H25N7O3. The van der Waals surface area contributed by atoms with Crippen molar-refractivity contribution >= 4 is 22.8 Å². The van der Waals surface area contributed by atoms with E-state index in [0.717, 1.165) is 11.3 Å². The SMILES string of the molecule is CCN1N=C(c2ccccc2)Cn2c1nc1c2c(=O)n(CN2CCOCC2)c(=O)n1C. The van der Waals surface area contributed by atoms with Gasteiger partial charge < -0.3 is 4.74 Å². The zero-order valence-corrected chi connectivity index (χ0v) is 17.7. The van der Waals surface area contributed by atoms with Gasteiger partial charge in [0.15, 0.2) is 11.2 Å². The monoisotopic (exact) mass is 423 g/mol. The van der Waals surface area contributed by atoms with Crippen molar-refractivity contribution < 1.29 is 4.74 Å². The van der Waals surface area contributed by atoms with Crippen LogP contribution in [0.3, 0.4) is 0 Å². The maximum absolute atomic E-state index is 13.5. The Morgan fingerprint density at radius 3 is 2.55 bits per heavy atom. The van der Waals surface area contributed by atoms with Gasteiger partial charge in [-0.3, -0.25) is 18.8 Å². The predicted molar refractivity (Wildman–Crippen MR) is 118 cm³/mol. The third-order valence-corrected chi connectivity index (χ3v) is 5.84. The fourth-order valence-electron chi connectivity index (χ4n) is 4.14. The van der Waals surface area contributed by atoms with E-state index in [4.69, 9.17) is 9.84 Å². The molecule has 0 N–H and O–H groups in total. The average molecular weight is 423 g/mol. The number of hydrazone groups is 1. The van der Waals surface area contributed by atoms with E-state index in [0.29, 0.717) is 56.5 Å². The van der Waals surface area contributed by atoms with E-state index in [1.165, 1.54) is 9.13 Å². The Balaban J connectivity index is 1.66. The van der Waals surface area contributed by atoms with Crippen molar-refractivity contribution in [2.75, 3.05) is 37.9 Å². The van der Waals surface area contributed by atoms with Gasteiger partial charge in [-0.25, -0.2) is 14.4 Å². The molecule has 1 aromatic carbocycles. The number of nitrogens with zero attached hydrogens (tertiary/aromatic N) is 7. The lowest BCUT2D eigenvalue weighted by Crippen LogP contribution is -2.47. The van der Waals surface area contributed by atoms with Crippen molar-refractivity contribution in [2.24, 2.45) is 12.1 Å². The van der Waals surface area contributed by atoms with Crippen LogP contribution in [0.1, 0.15) is 12.5 Å². The minimum atomic E-state index is -0.369. The molecule has 2 aliphatic heterocycles. The summed E-state index contributed by atoms with van der Waals surface area (Å²) in [5, 5.41) is 6.53. The minimum Gasteiger partial charge on any atom is -0.379 e. The molecule has 0 amide bonds. The largest absolute Gasteiger partial charge is 0.379 e. The van der Waals surface area contributed by atoms with Crippen LogP contribution in [0, 0.1) is 0 Å². The van der Waals surface area contributed by atoms with E-state index in [1.54, 1.807) is 12.1 Å². The number of morpholine rings is 1. The van der Waals surface area contributed by atoms with Gasteiger partial charge in [-0.2, -0.15) is 10.1 Å². The number of imidazole rings is 1. The number of anilines is 1. The molecule has 3 aromatic rings. The highest BCUT2D eigenvalue weighted by molar-refractivity contribution is 6.02. The minimum absolute atomic E-state index is 0.239. The van der Waals surface area contributed by atoms with Crippen molar-refractivity contribution in [3.63, 3.8) is 0 Å². The molecule has 5 rings (SSSR count). The van der Waals surface area contributed by atoms with Crippen molar-refractivity contribution in [1.29, 1.82) is 0 Å². The second-order valence-electron chi connectivity index (χ2n) is 7.75. The second kappa shape index (κ2) is 7.78. The summed E-state index contributed by atoms with van der Waals surface area (Å²) >= 11 is 0. The lowest BCUT2D eigenvalue weighted by molar-refractivity contribution is 0.0220. The van der Waals surface area contributed by atoms with E-state index < -0.39 is 0 Å². The van der Waals surface area contributed by atoms with Crippen molar-refractivity contribution in [1.82, 2.24) is 23.6 Å². The molecule has 1 saturated heterocycles. The van der Waals surface area contributed by atoms with Gasteiger partial charge in [0.25, 0.3) is 5.56 Å². The van der Waals surface area contributed by atoms with Crippen LogP contribution < -0.4 is 16.3 Å². The zero-order chi connectivity index (χ0) is 21.5. The van der Waals surface area contributed by atoms with Gasteiger partial charge in [0, 0.05) is 26.7 Å². The van der Waals surface area contributed by atoms with Crippen LogP contribution in [0.5, 0.6) is 0 Å². The number of ether oxygens (including phenoxy) is 1. The molecule has 0 aliphatic carbocycles. The predicted octanol–water partition coefficient (Wildman–Crippen LogP) is 0.431. The molecule has 10 nitrogen and oxygen atoms in total. The topological polar surface area (TPSA) is 89.9 Å². The summed E-state index contributed by atoms with van der Waals surface area (Å²) in [6, 6.07) is 9.90. The van der Waals surface area contributed by atoms with Crippen molar-refractivity contribution in [3.8, 4) is 0 Å². The van der Waals surface area contributed by atoms with E-state index in [2.05, 4.69) is 9.88 Å². The maximum Gasteiger partial charge on any atom is 0.333 e. The highest BCUT2D eigenvalue weighted by Gasteiger charge is 2.28. The highest BCUT2D eigenvalue weighted by Crippen LogP contribution is 2.25. The molecular weight excluding hydrogens is 398 g/mol. The van der Waals surface area contributed by atoms with E-state index >= 15 is 0 Å². The van der Waals surface area contributed by atoms with Gasteiger partial charge in [-0.1, -0.05) is 30.3 Å². The number of benzene rings is 1. The smallest absolute Gasteiger partial charge is 0.333 e. The molecule has 1 fully saturated rings. The number of fused-ring (bicyclic) bond motifs is 3. The van der Waals surface area contributed by atoms with Crippen LogP contribution in [0.4, 0.5) is 5.95 Å². The number of aromatic nitrogens is 4. The summed E-state index contributed by atoms with van der Waals surface area (Å²) in [5.74, 6) is 0.577. The Bertz CT molecular complexity index is 1270. The molecule has 0 radical (unpaired) electrons. The summed E-state index contributed by atoms with van der Waals surface area (Å²) in [5.41, 5.74) is 1.95. The molecule has 4 heterocycles. The van der Waals surface area contributed by atoms with Crippen LogP contribution in [-0.4, -0.2) is 62.1 Å². The number of rotatable bonds is 4. The lowest BCUT2D eigenvalue weighted by atomic mass is 10.1. The summed E-state index contributed by atoms with van der Waals surface area (Å²) in [4.78, 5) is 33.2. The number of hydrogen-bond acceptors (Lipinski definition) is 7.